The summed E-state index contributed by atoms with van der Waals surface area (Å²) in [6, 6.07) is 6.02. The van der Waals surface area contributed by atoms with Gasteiger partial charge in [0.2, 0.25) is 5.91 Å². The average Bonchev–Trinajstić information content (AvgIpc) is 3.23. The monoisotopic (exact) mass is 401 g/mol. The number of rotatable bonds is 5. The zero-order valence-corrected chi connectivity index (χ0v) is 16.8. The molecule has 2 aromatic heterocycles. The molecule has 7 heteroatoms. The minimum Gasteiger partial charge on any atom is -0.349 e. The van der Waals surface area contributed by atoms with E-state index in [1.54, 1.807) is 29.8 Å². The number of amides is 1. The van der Waals surface area contributed by atoms with Crippen molar-refractivity contribution in [1.29, 1.82) is 0 Å². The van der Waals surface area contributed by atoms with E-state index in [0.717, 1.165) is 33.6 Å². The first-order chi connectivity index (χ1) is 13.0. The highest BCUT2D eigenvalue weighted by molar-refractivity contribution is 8.00. The van der Waals surface area contributed by atoms with Crippen LogP contribution in [0, 0.1) is 5.82 Å². The number of carbonyl (C=O) groups is 1. The molecule has 0 radical (unpaired) electrons. The Balaban J connectivity index is 1.49. The minimum atomic E-state index is -0.289. The first-order valence-corrected chi connectivity index (χ1v) is 10.7. The van der Waals surface area contributed by atoms with E-state index in [2.05, 4.69) is 15.3 Å². The summed E-state index contributed by atoms with van der Waals surface area (Å²) >= 11 is 3.22. The number of hydrogen-bond acceptors (Lipinski definition) is 5. The summed E-state index contributed by atoms with van der Waals surface area (Å²) in [5.41, 5.74) is 2.24. The normalized spacial score (nSPS) is 15.5. The molecule has 0 spiro atoms. The quantitative estimate of drug-likeness (QED) is 0.498. The van der Waals surface area contributed by atoms with Gasteiger partial charge in [-0.05, 0) is 56.4 Å². The lowest BCUT2D eigenvalue weighted by atomic mass is 10.1. The van der Waals surface area contributed by atoms with Crippen molar-refractivity contribution in [2.75, 3.05) is 0 Å². The largest absolute Gasteiger partial charge is 0.349 e. The molecule has 1 aromatic carbocycles. The van der Waals surface area contributed by atoms with Crippen LogP contribution in [0.3, 0.4) is 0 Å². The summed E-state index contributed by atoms with van der Waals surface area (Å²) in [5, 5.41) is 4.73. The molecule has 27 heavy (non-hydrogen) atoms. The molecule has 2 atom stereocenters. The summed E-state index contributed by atoms with van der Waals surface area (Å²) in [7, 11) is 0. The Morgan fingerprint density at radius 2 is 2.00 bits per heavy atom. The highest BCUT2D eigenvalue weighted by Crippen LogP contribution is 2.40. The van der Waals surface area contributed by atoms with Crippen LogP contribution in [0.5, 0.6) is 0 Å². The van der Waals surface area contributed by atoms with Crippen LogP contribution in [-0.4, -0.2) is 21.1 Å². The molecule has 140 valence electrons. The molecule has 4 rings (SSSR count). The van der Waals surface area contributed by atoms with Crippen LogP contribution in [0.1, 0.15) is 42.3 Å². The molecule has 2 heterocycles. The third-order valence-electron chi connectivity index (χ3n) is 4.85. The van der Waals surface area contributed by atoms with E-state index in [1.165, 1.54) is 40.8 Å². The second kappa shape index (κ2) is 7.56. The van der Waals surface area contributed by atoms with E-state index >= 15 is 0 Å². The maximum Gasteiger partial charge on any atom is 0.233 e. The molecular formula is C20H20FN3OS2. The molecule has 0 fully saturated rings. The van der Waals surface area contributed by atoms with Gasteiger partial charge < -0.3 is 5.32 Å². The molecule has 3 aromatic rings. The number of carbonyl (C=O) groups excluding carboxylic acids is 1. The third kappa shape index (κ3) is 3.71. The highest BCUT2D eigenvalue weighted by atomic mass is 32.2. The van der Waals surface area contributed by atoms with Gasteiger partial charge in [0.25, 0.3) is 0 Å². The number of hydrogen-bond donors (Lipinski definition) is 1. The Kier molecular flexibility index (Phi) is 5.14. The van der Waals surface area contributed by atoms with Crippen LogP contribution < -0.4 is 5.32 Å². The highest BCUT2D eigenvalue weighted by Gasteiger charge is 2.24. The molecular weight excluding hydrogens is 381 g/mol. The van der Waals surface area contributed by atoms with Gasteiger partial charge in [-0.25, -0.2) is 14.4 Å². The lowest BCUT2D eigenvalue weighted by Crippen LogP contribution is -2.33. The fourth-order valence-electron chi connectivity index (χ4n) is 3.38. The predicted octanol–water partition coefficient (Wildman–Crippen LogP) is 4.68. The van der Waals surface area contributed by atoms with Gasteiger partial charge in [0.05, 0.1) is 11.3 Å². The number of nitrogens with one attached hydrogen (secondary N) is 1. The van der Waals surface area contributed by atoms with Gasteiger partial charge in [0, 0.05) is 10.3 Å². The molecule has 1 amide bonds. The lowest BCUT2D eigenvalue weighted by molar-refractivity contribution is -0.120. The first kappa shape index (κ1) is 18.4. The van der Waals surface area contributed by atoms with Crippen molar-refractivity contribution < 1.29 is 9.18 Å². The Hall–Kier alpha value is -1.99. The van der Waals surface area contributed by atoms with Gasteiger partial charge in [-0.3, -0.25) is 4.79 Å². The zero-order chi connectivity index (χ0) is 19.0. The Bertz CT molecular complexity index is 987. The SMILES string of the molecule is C[C@H](Sc1ncnc2sc3c(c12)CCC3)C(=O)N[C@@H](C)c1ccc(F)cc1. The van der Waals surface area contributed by atoms with E-state index in [4.69, 9.17) is 0 Å². The van der Waals surface area contributed by atoms with E-state index in [1.807, 2.05) is 13.8 Å². The van der Waals surface area contributed by atoms with Crippen molar-refractivity contribution in [3.63, 3.8) is 0 Å². The van der Waals surface area contributed by atoms with Crippen LogP contribution in [0.2, 0.25) is 0 Å². The van der Waals surface area contributed by atoms with Crippen molar-refractivity contribution >= 4 is 39.2 Å². The number of nitrogens with zero attached hydrogens (tertiary/aromatic N) is 2. The molecule has 1 aliphatic carbocycles. The number of thioether (sulfide) groups is 1. The number of aryl methyl sites for hydroxylation is 2. The van der Waals surface area contributed by atoms with Gasteiger partial charge >= 0.3 is 0 Å². The number of thiophene rings is 1. The van der Waals surface area contributed by atoms with Crippen molar-refractivity contribution in [1.82, 2.24) is 15.3 Å². The van der Waals surface area contributed by atoms with Crippen molar-refractivity contribution in [3.05, 3.63) is 52.4 Å². The van der Waals surface area contributed by atoms with Crippen LogP contribution in [0.25, 0.3) is 10.2 Å². The molecule has 1 aliphatic rings. The van der Waals surface area contributed by atoms with E-state index in [9.17, 15) is 9.18 Å². The van der Waals surface area contributed by atoms with Crippen molar-refractivity contribution in [2.24, 2.45) is 0 Å². The van der Waals surface area contributed by atoms with Gasteiger partial charge in [-0.2, -0.15) is 0 Å². The van der Waals surface area contributed by atoms with Crippen molar-refractivity contribution in [3.8, 4) is 0 Å². The maximum atomic E-state index is 13.1. The molecule has 0 unspecified atom stereocenters. The summed E-state index contributed by atoms with van der Waals surface area (Å²) in [6.45, 7) is 3.79. The minimum absolute atomic E-state index is 0.0598. The van der Waals surface area contributed by atoms with E-state index in [0.29, 0.717) is 0 Å². The van der Waals surface area contributed by atoms with Crippen molar-refractivity contribution in [2.45, 2.75) is 49.4 Å². The summed E-state index contributed by atoms with van der Waals surface area (Å²) in [5.74, 6) is -0.340. The predicted molar refractivity (Wildman–Crippen MR) is 108 cm³/mol. The second-order valence-electron chi connectivity index (χ2n) is 6.76. The standard InChI is InChI=1S/C20H20FN3OS2/c1-11(13-6-8-14(21)9-7-13)24-18(25)12(2)26-19-17-15-4-3-5-16(15)27-20(17)23-10-22-19/h6-12H,3-5H2,1-2H3,(H,24,25)/t11-,12-/m0/s1. The lowest BCUT2D eigenvalue weighted by Gasteiger charge is -2.18. The van der Waals surface area contributed by atoms with E-state index in [-0.39, 0.29) is 23.0 Å². The fraction of sp³-hybridized carbons (Fsp3) is 0.350. The number of aromatic nitrogens is 2. The number of halogens is 1. The second-order valence-corrected chi connectivity index (χ2v) is 9.17. The maximum absolute atomic E-state index is 13.1. The van der Waals surface area contributed by atoms with Crippen LogP contribution in [0.4, 0.5) is 4.39 Å². The number of fused-ring (bicyclic) bond motifs is 3. The molecule has 4 nitrogen and oxygen atoms in total. The summed E-state index contributed by atoms with van der Waals surface area (Å²) in [6.07, 6.45) is 4.95. The Morgan fingerprint density at radius 3 is 2.78 bits per heavy atom. The molecule has 0 bridgehead atoms. The smallest absolute Gasteiger partial charge is 0.233 e. The van der Waals surface area contributed by atoms with Crippen LogP contribution >= 0.6 is 23.1 Å². The third-order valence-corrected chi connectivity index (χ3v) is 7.15. The Morgan fingerprint density at radius 1 is 1.22 bits per heavy atom. The fourth-order valence-corrected chi connectivity index (χ4v) is 5.62. The van der Waals surface area contributed by atoms with Gasteiger partial charge in [0.1, 0.15) is 22.0 Å². The summed E-state index contributed by atoms with van der Waals surface area (Å²) in [4.78, 5) is 24.0. The first-order valence-electron chi connectivity index (χ1n) is 9.00. The zero-order valence-electron chi connectivity index (χ0n) is 15.2. The average molecular weight is 402 g/mol. The van der Waals surface area contributed by atoms with Gasteiger partial charge in [-0.15, -0.1) is 11.3 Å². The molecule has 0 aliphatic heterocycles. The molecule has 0 saturated heterocycles. The molecule has 0 saturated carbocycles. The molecule has 1 N–H and O–H groups in total. The topological polar surface area (TPSA) is 54.9 Å². The van der Waals surface area contributed by atoms with Crippen LogP contribution in [-0.2, 0) is 17.6 Å². The summed E-state index contributed by atoms with van der Waals surface area (Å²) < 4.78 is 13.1. The van der Waals surface area contributed by atoms with E-state index < -0.39 is 0 Å². The number of benzene rings is 1. The van der Waals surface area contributed by atoms with Crippen LogP contribution in [0.15, 0.2) is 35.6 Å². The Labute approximate surface area is 165 Å². The van der Waals surface area contributed by atoms with Gasteiger partial charge in [0.15, 0.2) is 0 Å². The van der Waals surface area contributed by atoms with Gasteiger partial charge in [-0.1, -0.05) is 23.9 Å².